The highest BCUT2D eigenvalue weighted by Gasteiger charge is 2.23. The molecule has 0 spiro atoms. The molecule has 1 aliphatic carbocycles. The van der Waals surface area contributed by atoms with Crippen molar-refractivity contribution in [2.45, 2.75) is 39.2 Å². The van der Waals surface area contributed by atoms with Gasteiger partial charge in [0, 0.05) is 12.5 Å². The van der Waals surface area contributed by atoms with Crippen molar-refractivity contribution in [1.29, 1.82) is 0 Å². The molecule has 1 heterocycles. The minimum atomic E-state index is -1.15. The third kappa shape index (κ3) is 4.48. The average Bonchev–Trinajstić information content (AvgIpc) is 3.35. The van der Waals surface area contributed by atoms with Crippen LogP contribution < -0.4 is 10.1 Å². The van der Waals surface area contributed by atoms with Gasteiger partial charge in [0.05, 0.1) is 12.6 Å². The average molecular weight is 375 g/mol. The summed E-state index contributed by atoms with van der Waals surface area (Å²) in [5, 5.41) is 11.8. The monoisotopic (exact) mass is 375 g/mol. The smallest absolute Gasteiger partial charge is 0.339 e. The fourth-order valence-corrected chi connectivity index (χ4v) is 2.73. The lowest BCUT2D eigenvalue weighted by Crippen LogP contribution is -2.26. The van der Waals surface area contributed by atoms with E-state index in [2.05, 4.69) is 5.32 Å². The Balaban J connectivity index is 1.67. The van der Waals surface area contributed by atoms with Crippen LogP contribution in [0.5, 0.6) is 5.75 Å². The van der Waals surface area contributed by atoms with Crippen LogP contribution in [0.3, 0.4) is 0 Å². The van der Waals surface area contributed by atoms with Crippen molar-refractivity contribution < 1.29 is 28.2 Å². The zero-order valence-electron chi connectivity index (χ0n) is 15.3. The molecule has 1 aliphatic rings. The molecule has 0 saturated heterocycles. The number of amides is 1. The predicted octanol–water partition coefficient (Wildman–Crippen LogP) is 3.96. The van der Waals surface area contributed by atoms with Gasteiger partial charge < -0.3 is 19.6 Å². The Morgan fingerprint density at radius 3 is 2.67 bits per heavy atom. The summed E-state index contributed by atoms with van der Waals surface area (Å²) in [4.78, 5) is 23.5. The Hall–Kier alpha value is -2.83. The van der Waals surface area contributed by atoms with Crippen LogP contribution in [-0.2, 0) is 6.42 Å². The van der Waals surface area contributed by atoms with E-state index in [1.54, 1.807) is 26.0 Å². The molecule has 2 aromatic rings. The summed E-state index contributed by atoms with van der Waals surface area (Å²) in [6.07, 6.45) is 2.61. The summed E-state index contributed by atoms with van der Waals surface area (Å²) >= 11 is 0. The quantitative estimate of drug-likeness (QED) is 0.729. The van der Waals surface area contributed by atoms with Gasteiger partial charge in [0.1, 0.15) is 11.3 Å². The molecule has 7 heteroatoms. The topological polar surface area (TPSA) is 88.8 Å². The SMILES string of the molecule is CCc1oc(C(=O)NC(C)c2ccc(OCC3CC3)c(F)c2)cc1C(=O)O. The first kappa shape index (κ1) is 18.9. The highest BCUT2D eigenvalue weighted by Crippen LogP contribution is 2.30. The lowest BCUT2D eigenvalue weighted by molar-refractivity contribution is 0.0694. The fraction of sp³-hybridized carbons (Fsp3) is 0.400. The molecule has 6 nitrogen and oxygen atoms in total. The van der Waals surface area contributed by atoms with Crippen molar-refractivity contribution in [1.82, 2.24) is 5.32 Å². The summed E-state index contributed by atoms with van der Waals surface area (Å²) in [5.41, 5.74) is 0.541. The summed E-state index contributed by atoms with van der Waals surface area (Å²) in [6.45, 7) is 3.97. The number of hydrogen-bond acceptors (Lipinski definition) is 4. The number of carbonyl (C=O) groups excluding carboxylic acids is 1. The second-order valence-electron chi connectivity index (χ2n) is 6.75. The maximum Gasteiger partial charge on any atom is 0.339 e. The molecule has 1 saturated carbocycles. The fourth-order valence-electron chi connectivity index (χ4n) is 2.73. The van der Waals surface area contributed by atoms with Crippen molar-refractivity contribution in [3.05, 3.63) is 52.7 Å². The first-order chi connectivity index (χ1) is 12.9. The summed E-state index contributed by atoms with van der Waals surface area (Å²) in [5.74, 6) is -1.29. The zero-order valence-corrected chi connectivity index (χ0v) is 15.3. The Morgan fingerprint density at radius 1 is 1.37 bits per heavy atom. The molecule has 2 N–H and O–H groups in total. The number of rotatable bonds is 8. The summed E-state index contributed by atoms with van der Waals surface area (Å²) in [6, 6.07) is 5.29. The van der Waals surface area contributed by atoms with Crippen LogP contribution in [0, 0.1) is 11.7 Å². The van der Waals surface area contributed by atoms with Crippen LogP contribution in [-0.4, -0.2) is 23.6 Å². The molecule has 0 bridgehead atoms. The highest BCUT2D eigenvalue weighted by atomic mass is 19.1. The van der Waals surface area contributed by atoms with Gasteiger partial charge in [-0.1, -0.05) is 13.0 Å². The molecule has 3 rings (SSSR count). The molecule has 1 aromatic carbocycles. The molecule has 1 fully saturated rings. The van der Waals surface area contributed by atoms with E-state index < -0.39 is 23.7 Å². The Bertz CT molecular complexity index is 856. The van der Waals surface area contributed by atoms with Crippen LogP contribution in [0.2, 0.25) is 0 Å². The number of nitrogens with one attached hydrogen (secondary N) is 1. The number of aromatic carboxylic acids is 1. The number of furan rings is 1. The maximum atomic E-state index is 14.2. The van der Waals surface area contributed by atoms with E-state index >= 15 is 0 Å². The first-order valence-corrected chi connectivity index (χ1v) is 8.98. The zero-order chi connectivity index (χ0) is 19.6. The molecular weight excluding hydrogens is 353 g/mol. The Kier molecular flexibility index (Phi) is 5.48. The second kappa shape index (κ2) is 7.82. The molecule has 1 amide bonds. The molecule has 1 unspecified atom stereocenters. The van der Waals surface area contributed by atoms with E-state index in [1.807, 2.05) is 0 Å². The van der Waals surface area contributed by atoms with Gasteiger partial charge in [0.25, 0.3) is 5.91 Å². The Labute approximate surface area is 156 Å². The highest BCUT2D eigenvalue weighted by molar-refractivity contribution is 5.96. The van der Waals surface area contributed by atoms with Gasteiger partial charge in [0.15, 0.2) is 17.3 Å². The summed E-state index contributed by atoms with van der Waals surface area (Å²) in [7, 11) is 0. The first-order valence-electron chi connectivity index (χ1n) is 8.98. The van der Waals surface area contributed by atoms with Crippen molar-refractivity contribution >= 4 is 11.9 Å². The van der Waals surface area contributed by atoms with Crippen molar-refractivity contribution in [3.63, 3.8) is 0 Å². The van der Waals surface area contributed by atoms with Crippen LogP contribution in [0.1, 0.15) is 65.0 Å². The van der Waals surface area contributed by atoms with Crippen molar-refractivity contribution in [2.24, 2.45) is 5.92 Å². The molecule has 0 aliphatic heterocycles. The lowest BCUT2D eigenvalue weighted by Gasteiger charge is -2.15. The number of benzene rings is 1. The van der Waals surface area contributed by atoms with Crippen LogP contribution in [0.15, 0.2) is 28.7 Å². The van der Waals surface area contributed by atoms with Crippen LogP contribution in [0.4, 0.5) is 4.39 Å². The number of carboxylic acid groups (broad SMARTS) is 1. The van der Waals surface area contributed by atoms with Gasteiger partial charge >= 0.3 is 5.97 Å². The van der Waals surface area contributed by atoms with Gasteiger partial charge in [0.2, 0.25) is 0 Å². The van der Waals surface area contributed by atoms with Gasteiger partial charge in [-0.15, -0.1) is 0 Å². The molecule has 1 aromatic heterocycles. The molecule has 27 heavy (non-hydrogen) atoms. The minimum absolute atomic E-state index is 0.0292. The molecule has 0 radical (unpaired) electrons. The normalized spacial score (nSPS) is 14.6. The molecule has 1 atom stereocenters. The molecular formula is C20H22FNO5. The van der Waals surface area contributed by atoms with Crippen molar-refractivity contribution in [3.8, 4) is 5.75 Å². The number of halogens is 1. The van der Waals surface area contributed by atoms with Gasteiger partial charge in [-0.2, -0.15) is 0 Å². The van der Waals surface area contributed by atoms with Crippen LogP contribution >= 0.6 is 0 Å². The maximum absolute atomic E-state index is 14.2. The number of carboxylic acids is 1. The second-order valence-corrected chi connectivity index (χ2v) is 6.75. The van der Waals surface area contributed by atoms with E-state index in [-0.39, 0.29) is 22.8 Å². The number of aryl methyl sites for hydroxylation is 1. The third-order valence-corrected chi connectivity index (χ3v) is 4.56. The van der Waals surface area contributed by atoms with Crippen LogP contribution in [0.25, 0.3) is 0 Å². The van der Waals surface area contributed by atoms with E-state index in [0.29, 0.717) is 24.5 Å². The number of ether oxygens (including phenoxy) is 1. The van der Waals surface area contributed by atoms with Crippen molar-refractivity contribution in [2.75, 3.05) is 6.61 Å². The largest absolute Gasteiger partial charge is 0.490 e. The van der Waals surface area contributed by atoms with Gasteiger partial charge in [-0.3, -0.25) is 4.79 Å². The minimum Gasteiger partial charge on any atom is -0.490 e. The number of carbonyl (C=O) groups is 2. The van der Waals surface area contributed by atoms with E-state index in [0.717, 1.165) is 12.8 Å². The van der Waals surface area contributed by atoms with Gasteiger partial charge in [-0.05, 0) is 43.4 Å². The lowest BCUT2D eigenvalue weighted by atomic mass is 10.1. The van der Waals surface area contributed by atoms with E-state index in [1.165, 1.54) is 12.1 Å². The van der Waals surface area contributed by atoms with E-state index in [4.69, 9.17) is 14.3 Å². The van der Waals surface area contributed by atoms with E-state index in [9.17, 15) is 14.0 Å². The number of hydrogen-bond donors (Lipinski definition) is 2. The Morgan fingerprint density at radius 2 is 2.11 bits per heavy atom. The third-order valence-electron chi connectivity index (χ3n) is 4.56. The van der Waals surface area contributed by atoms with Gasteiger partial charge in [-0.25, -0.2) is 9.18 Å². The summed E-state index contributed by atoms with van der Waals surface area (Å²) < 4.78 is 25.0. The standard InChI is InChI=1S/C20H22FNO5/c1-3-16-14(20(24)25)9-18(27-16)19(23)22-11(2)13-6-7-17(15(21)8-13)26-10-12-4-5-12/h6-9,11-12H,3-5,10H2,1-2H3,(H,22,23)(H,24,25). The molecule has 144 valence electrons. The predicted molar refractivity (Wildman–Crippen MR) is 95.5 cm³/mol.